The van der Waals surface area contributed by atoms with E-state index in [1.54, 1.807) is 0 Å². The van der Waals surface area contributed by atoms with Crippen molar-refractivity contribution in [3.8, 4) is 0 Å². The van der Waals surface area contributed by atoms with Gasteiger partial charge in [0.15, 0.2) is 0 Å². The second kappa shape index (κ2) is 4.67. The normalized spacial score (nSPS) is 26.4. The Morgan fingerprint density at radius 2 is 1.94 bits per heavy atom. The SMILES string of the molecule is CC1CN(c2nc(C(C)C)ns2)CC(C)O1. The average molecular weight is 241 g/mol. The predicted molar refractivity (Wildman–Crippen MR) is 66.2 cm³/mol. The van der Waals surface area contributed by atoms with Crippen LogP contribution in [0.25, 0.3) is 0 Å². The van der Waals surface area contributed by atoms with E-state index in [0.717, 1.165) is 24.0 Å². The summed E-state index contributed by atoms with van der Waals surface area (Å²) in [5.41, 5.74) is 0. The van der Waals surface area contributed by atoms with Crippen LogP contribution in [0.1, 0.15) is 39.4 Å². The van der Waals surface area contributed by atoms with Crippen molar-refractivity contribution in [1.82, 2.24) is 9.36 Å². The quantitative estimate of drug-likeness (QED) is 0.796. The van der Waals surface area contributed by atoms with Crippen molar-refractivity contribution < 1.29 is 4.74 Å². The summed E-state index contributed by atoms with van der Waals surface area (Å²) in [4.78, 5) is 6.86. The molecule has 0 N–H and O–H groups in total. The third kappa shape index (κ3) is 2.52. The molecule has 1 fully saturated rings. The number of morpholine rings is 1. The standard InChI is InChI=1S/C11H19N3OS/c1-7(2)10-12-11(16-13-10)14-5-8(3)15-9(4)6-14/h7-9H,5-6H2,1-4H3. The molecule has 0 amide bonds. The molecule has 0 spiro atoms. The van der Waals surface area contributed by atoms with Crippen molar-refractivity contribution in [2.75, 3.05) is 18.0 Å². The van der Waals surface area contributed by atoms with Gasteiger partial charge in [-0.3, -0.25) is 0 Å². The van der Waals surface area contributed by atoms with E-state index in [9.17, 15) is 0 Å². The Morgan fingerprint density at radius 1 is 1.31 bits per heavy atom. The van der Waals surface area contributed by atoms with Crippen LogP contribution in [0.4, 0.5) is 5.13 Å². The third-order valence-corrected chi connectivity index (χ3v) is 3.43. The topological polar surface area (TPSA) is 38.2 Å². The van der Waals surface area contributed by atoms with Gasteiger partial charge in [0.25, 0.3) is 0 Å². The largest absolute Gasteiger partial charge is 0.372 e. The van der Waals surface area contributed by atoms with Gasteiger partial charge >= 0.3 is 0 Å². The van der Waals surface area contributed by atoms with Gasteiger partial charge in [0.05, 0.1) is 12.2 Å². The molecule has 1 aliphatic rings. The summed E-state index contributed by atoms with van der Waals surface area (Å²) in [6.45, 7) is 10.3. The van der Waals surface area contributed by atoms with E-state index in [0.29, 0.717) is 5.92 Å². The van der Waals surface area contributed by atoms with Crippen LogP contribution in [0.3, 0.4) is 0 Å². The van der Waals surface area contributed by atoms with Crippen LogP contribution in [0.2, 0.25) is 0 Å². The molecule has 16 heavy (non-hydrogen) atoms. The zero-order valence-corrected chi connectivity index (χ0v) is 11.1. The van der Waals surface area contributed by atoms with Gasteiger partial charge in [-0.05, 0) is 13.8 Å². The molecule has 2 heterocycles. The Kier molecular flexibility index (Phi) is 3.44. The minimum atomic E-state index is 0.273. The minimum Gasteiger partial charge on any atom is -0.372 e. The average Bonchev–Trinajstić information content (AvgIpc) is 2.64. The highest BCUT2D eigenvalue weighted by Gasteiger charge is 2.24. The molecule has 0 saturated carbocycles. The summed E-state index contributed by atoms with van der Waals surface area (Å²) < 4.78 is 10.1. The van der Waals surface area contributed by atoms with E-state index >= 15 is 0 Å². The van der Waals surface area contributed by atoms with Crippen molar-refractivity contribution in [1.29, 1.82) is 0 Å². The van der Waals surface area contributed by atoms with Crippen molar-refractivity contribution >= 4 is 16.7 Å². The summed E-state index contributed by atoms with van der Waals surface area (Å²) in [6, 6.07) is 0. The van der Waals surface area contributed by atoms with E-state index in [2.05, 4.69) is 42.0 Å². The molecule has 1 aliphatic heterocycles. The van der Waals surface area contributed by atoms with Crippen molar-refractivity contribution in [3.63, 3.8) is 0 Å². The van der Waals surface area contributed by atoms with Crippen LogP contribution < -0.4 is 4.90 Å². The second-order valence-electron chi connectivity index (χ2n) is 4.75. The molecule has 2 rings (SSSR count). The summed E-state index contributed by atoms with van der Waals surface area (Å²) in [6.07, 6.45) is 0.547. The highest BCUT2D eigenvalue weighted by Crippen LogP contribution is 2.24. The zero-order chi connectivity index (χ0) is 11.7. The molecule has 1 saturated heterocycles. The lowest BCUT2D eigenvalue weighted by molar-refractivity contribution is -0.00523. The zero-order valence-electron chi connectivity index (χ0n) is 10.3. The van der Waals surface area contributed by atoms with E-state index in [4.69, 9.17) is 4.74 Å². The monoisotopic (exact) mass is 241 g/mol. The van der Waals surface area contributed by atoms with Gasteiger partial charge in [-0.1, -0.05) is 13.8 Å². The second-order valence-corrected chi connectivity index (χ2v) is 5.48. The van der Waals surface area contributed by atoms with Crippen LogP contribution in [0.5, 0.6) is 0 Å². The molecule has 0 aromatic carbocycles. The van der Waals surface area contributed by atoms with E-state index in [-0.39, 0.29) is 12.2 Å². The molecule has 0 aliphatic carbocycles. The summed E-state index contributed by atoms with van der Waals surface area (Å²) in [5, 5.41) is 1.03. The summed E-state index contributed by atoms with van der Waals surface area (Å²) in [5.74, 6) is 1.35. The van der Waals surface area contributed by atoms with Gasteiger partial charge in [0.1, 0.15) is 5.82 Å². The number of anilines is 1. The Labute approximate surface area is 101 Å². The number of ether oxygens (including phenoxy) is 1. The number of nitrogens with zero attached hydrogens (tertiary/aromatic N) is 3. The first-order valence-corrected chi connectivity index (χ1v) is 6.57. The molecule has 90 valence electrons. The van der Waals surface area contributed by atoms with Crippen molar-refractivity contribution in [2.45, 2.75) is 45.8 Å². The molecule has 4 nitrogen and oxygen atoms in total. The number of aromatic nitrogens is 2. The summed E-state index contributed by atoms with van der Waals surface area (Å²) >= 11 is 1.50. The molecular weight excluding hydrogens is 222 g/mol. The van der Waals surface area contributed by atoms with Crippen molar-refractivity contribution in [2.24, 2.45) is 0 Å². The van der Waals surface area contributed by atoms with Crippen LogP contribution in [-0.4, -0.2) is 34.7 Å². The minimum absolute atomic E-state index is 0.273. The maximum absolute atomic E-state index is 5.71. The lowest BCUT2D eigenvalue weighted by Gasteiger charge is -2.34. The first kappa shape index (κ1) is 11.8. The van der Waals surface area contributed by atoms with Gasteiger partial charge in [-0.2, -0.15) is 4.37 Å². The first-order valence-electron chi connectivity index (χ1n) is 5.80. The Balaban J connectivity index is 2.10. The van der Waals surface area contributed by atoms with Gasteiger partial charge in [-0.15, -0.1) is 0 Å². The van der Waals surface area contributed by atoms with Gasteiger partial charge in [-0.25, -0.2) is 4.98 Å². The molecule has 2 unspecified atom stereocenters. The van der Waals surface area contributed by atoms with Crippen LogP contribution in [0.15, 0.2) is 0 Å². The number of hydrogen-bond acceptors (Lipinski definition) is 5. The highest BCUT2D eigenvalue weighted by atomic mass is 32.1. The lowest BCUT2D eigenvalue weighted by Crippen LogP contribution is -2.45. The van der Waals surface area contributed by atoms with Gasteiger partial charge < -0.3 is 9.64 Å². The Hall–Kier alpha value is -0.680. The molecule has 0 bridgehead atoms. The fourth-order valence-corrected chi connectivity index (χ4v) is 2.75. The number of rotatable bonds is 2. The Bertz CT molecular complexity index is 343. The van der Waals surface area contributed by atoms with Gasteiger partial charge in [0, 0.05) is 30.5 Å². The van der Waals surface area contributed by atoms with Gasteiger partial charge in [0.2, 0.25) is 5.13 Å². The smallest absolute Gasteiger partial charge is 0.205 e. The maximum atomic E-state index is 5.71. The Morgan fingerprint density at radius 3 is 2.44 bits per heavy atom. The van der Waals surface area contributed by atoms with E-state index < -0.39 is 0 Å². The molecule has 5 heteroatoms. The highest BCUT2D eigenvalue weighted by molar-refractivity contribution is 7.09. The molecule has 1 aromatic rings. The maximum Gasteiger partial charge on any atom is 0.205 e. The van der Waals surface area contributed by atoms with Crippen molar-refractivity contribution in [3.05, 3.63) is 5.82 Å². The molecule has 0 radical (unpaired) electrons. The lowest BCUT2D eigenvalue weighted by atomic mass is 10.2. The van der Waals surface area contributed by atoms with Crippen LogP contribution in [-0.2, 0) is 4.74 Å². The van der Waals surface area contributed by atoms with E-state index in [1.807, 2.05) is 0 Å². The fraction of sp³-hybridized carbons (Fsp3) is 0.818. The first-order chi connectivity index (χ1) is 7.56. The summed E-state index contributed by atoms with van der Waals surface area (Å²) in [7, 11) is 0. The predicted octanol–water partition coefficient (Wildman–Crippen LogP) is 2.28. The molecule has 1 aromatic heterocycles. The van der Waals surface area contributed by atoms with E-state index in [1.165, 1.54) is 11.5 Å². The molecular formula is C11H19N3OS. The van der Waals surface area contributed by atoms with Crippen LogP contribution in [0, 0.1) is 0 Å². The fourth-order valence-electron chi connectivity index (χ4n) is 1.92. The molecule has 2 atom stereocenters. The third-order valence-electron chi connectivity index (χ3n) is 2.64. The van der Waals surface area contributed by atoms with Crippen LogP contribution >= 0.6 is 11.5 Å². The number of hydrogen-bond donors (Lipinski definition) is 0.